The molecule has 0 aliphatic carbocycles. The molecule has 102 valence electrons. The Morgan fingerprint density at radius 1 is 1.61 bits per heavy atom. The van der Waals surface area contributed by atoms with Gasteiger partial charge in [0.1, 0.15) is 0 Å². The highest BCUT2D eigenvalue weighted by atomic mass is 16.5. The maximum absolute atomic E-state index is 11.9. The fourth-order valence-electron chi connectivity index (χ4n) is 1.69. The third kappa shape index (κ3) is 3.73. The van der Waals surface area contributed by atoms with Crippen molar-refractivity contribution in [3.8, 4) is 0 Å². The van der Waals surface area contributed by atoms with E-state index in [-0.39, 0.29) is 17.5 Å². The zero-order valence-electron chi connectivity index (χ0n) is 11.2. The van der Waals surface area contributed by atoms with Crippen molar-refractivity contribution in [3.05, 3.63) is 11.4 Å². The molecule has 0 fully saturated rings. The van der Waals surface area contributed by atoms with Crippen molar-refractivity contribution >= 4 is 11.6 Å². The van der Waals surface area contributed by atoms with Crippen molar-refractivity contribution in [3.63, 3.8) is 0 Å². The molecule has 1 heterocycles. The monoisotopic (exact) mass is 254 g/mol. The summed E-state index contributed by atoms with van der Waals surface area (Å²) in [5, 5.41) is 9.57. The number of methoxy groups -OCH3 is 1. The van der Waals surface area contributed by atoms with Crippen LogP contribution in [0.4, 0.5) is 5.69 Å². The fourth-order valence-corrected chi connectivity index (χ4v) is 1.69. The summed E-state index contributed by atoms with van der Waals surface area (Å²) in [6.07, 6.45) is 1.75. The lowest BCUT2D eigenvalue weighted by Gasteiger charge is -2.10. The highest BCUT2D eigenvalue weighted by molar-refractivity contribution is 5.97. The zero-order chi connectivity index (χ0) is 13.5. The van der Waals surface area contributed by atoms with E-state index in [0.717, 1.165) is 18.5 Å². The van der Waals surface area contributed by atoms with Crippen LogP contribution in [0.2, 0.25) is 0 Å². The van der Waals surface area contributed by atoms with Crippen LogP contribution >= 0.6 is 0 Å². The Hall–Kier alpha value is -1.56. The predicted octanol–water partition coefficient (Wildman–Crippen LogP) is 0.957. The molecule has 0 radical (unpaired) electrons. The molecule has 1 unspecified atom stereocenters. The van der Waals surface area contributed by atoms with Gasteiger partial charge < -0.3 is 15.8 Å². The largest absolute Gasteiger partial charge is 0.395 e. The van der Waals surface area contributed by atoms with E-state index in [0.29, 0.717) is 18.8 Å². The van der Waals surface area contributed by atoms with Gasteiger partial charge >= 0.3 is 0 Å². The van der Waals surface area contributed by atoms with E-state index in [1.165, 1.54) is 0 Å². The second-order valence-electron chi connectivity index (χ2n) is 4.48. The Bertz CT molecular complexity index is 389. The first kappa shape index (κ1) is 14.5. The molecule has 1 aromatic heterocycles. The molecule has 4 N–H and O–H groups in total. The molecular weight excluding hydrogens is 232 g/mol. The first-order chi connectivity index (χ1) is 8.60. The highest BCUT2D eigenvalue weighted by Gasteiger charge is 2.17. The number of hydrogen-bond acceptors (Lipinski definition) is 4. The average Bonchev–Trinajstić information content (AvgIpc) is 2.69. The summed E-state index contributed by atoms with van der Waals surface area (Å²) in [6, 6.07) is 0. The number of aromatic amines is 1. The lowest BCUT2D eigenvalue weighted by Crippen LogP contribution is -2.30. The maximum Gasteiger partial charge on any atom is 0.273 e. The summed E-state index contributed by atoms with van der Waals surface area (Å²) in [7, 11) is 1.64. The summed E-state index contributed by atoms with van der Waals surface area (Å²) in [6.45, 7) is 5.20. The van der Waals surface area contributed by atoms with E-state index < -0.39 is 0 Å². The number of anilines is 1. The van der Waals surface area contributed by atoms with Crippen molar-refractivity contribution in [1.82, 2.24) is 15.5 Å². The molecular formula is C12H22N4O2. The number of rotatable bonds is 7. The van der Waals surface area contributed by atoms with Gasteiger partial charge in [-0.15, -0.1) is 0 Å². The number of aryl methyl sites for hydroxylation is 1. The fraction of sp³-hybridized carbons (Fsp3) is 0.667. The van der Waals surface area contributed by atoms with E-state index in [4.69, 9.17) is 10.5 Å². The van der Waals surface area contributed by atoms with Crippen LogP contribution < -0.4 is 11.1 Å². The van der Waals surface area contributed by atoms with Crippen LogP contribution in [-0.2, 0) is 11.2 Å². The minimum absolute atomic E-state index is 0.242. The van der Waals surface area contributed by atoms with Crippen molar-refractivity contribution in [2.75, 3.05) is 26.0 Å². The number of nitrogen functional groups attached to an aromatic ring is 1. The number of nitrogens with two attached hydrogens (primary N) is 1. The molecule has 0 spiro atoms. The Balaban J connectivity index is 2.56. The summed E-state index contributed by atoms with van der Waals surface area (Å²) < 4.78 is 5.00. The highest BCUT2D eigenvalue weighted by Crippen LogP contribution is 2.15. The van der Waals surface area contributed by atoms with Crippen molar-refractivity contribution in [2.45, 2.75) is 26.7 Å². The van der Waals surface area contributed by atoms with Crippen LogP contribution in [0.1, 0.15) is 36.5 Å². The van der Waals surface area contributed by atoms with E-state index in [1.54, 1.807) is 7.11 Å². The van der Waals surface area contributed by atoms with Gasteiger partial charge in [-0.2, -0.15) is 5.10 Å². The van der Waals surface area contributed by atoms with Gasteiger partial charge in [0, 0.05) is 13.7 Å². The summed E-state index contributed by atoms with van der Waals surface area (Å²) in [4.78, 5) is 11.9. The molecule has 0 bridgehead atoms. The van der Waals surface area contributed by atoms with Crippen LogP contribution in [-0.4, -0.2) is 36.4 Å². The molecule has 0 aliphatic heterocycles. The Morgan fingerprint density at radius 2 is 2.33 bits per heavy atom. The molecule has 1 amide bonds. The molecule has 1 atom stereocenters. The lowest BCUT2D eigenvalue weighted by atomic mass is 10.2. The molecule has 18 heavy (non-hydrogen) atoms. The third-order valence-corrected chi connectivity index (χ3v) is 2.66. The van der Waals surface area contributed by atoms with Crippen molar-refractivity contribution in [1.29, 1.82) is 0 Å². The molecule has 0 aliphatic rings. The zero-order valence-corrected chi connectivity index (χ0v) is 11.2. The van der Waals surface area contributed by atoms with Gasteiger partial charge in [-0.3, -0.25) is 9.89 Å². The third-order valence-electron chi connectivity index (χ3n) is 2.66. The van der Waals surface area contributed by atoms with Gasteiger partial charge in [-0.25, -0.2) is 0 Å². The molecule has 6 nitrogen and oxygen atoms in total. The van der Waals surface area contributed by atoms with Gasteiger partial charge in [0.05, 0.1) is 18.0 Å². The van der Waals surface area contributed by atoms with Gasteiger partial charge in [-0.1, -0.05) is 20.3 Å². The first-order valence-electron chi connectivity index (χ1n) is 6.19. The number of ether oxygens (including phenoxy) is 1. The van der Waals surface area contributed by atoms with Gasteiger partial charge in [-0.05, 0) is 12.3 Å². The standard InChI is InChI=1S/C12H22N4O2/c1-4-5-9-10(13)11(16-15-9)12(17)14-6-8(2)7-18-3/h8H,4-7,13H2,1-3H3,(H,14,17)(H,15,16). The number of H-pyrrole nitrogens is 1. The molecule has 0 aromatic carbocycles. The Kier molecular flexibility index (Phi) is 5.64. The lowest BCUT2D eigenvalue weighted by molar-refractivity contribution is 0.0930. The minimum atomic E-state index is -0.242. The topological polar surface area (TPSA) is 93.0 Å². The molecule has 0 saturated carbocycles. The van der Waals surface area contributed by atoms with Gasteiger partial charge in [0.25, 0.3) is 5.91 Å². The second kappa shape index (κ2) is 7.00. The summed E-state index contributed by atoms with van der Waals surface area (Å²) in [5.41, 5.74) is 7.44. The first-order valence-corrected chi connectivity index (χ1v) is 6.19. The maximum atomic E-state index is 11.9. The smallest absolute Gasteiger partial charge is 0.273 e. The van der Waals surface area contributed by atoms with Crippen molar-refractivity contribution in [2.24, 2.45) is 5.92 Å². The predicted molar refractivity (Wildman–Crippen MR) is 70.4 cm³/mol. The van der Waals surface area contributed by atoms with Crippen LogP contribution in [0, 0.1) is 5.92 Å². The number of hydrogen-bond donors (Lipinski definition) is 3. The van der Waals surface area contributed by atoms with Crippen LogP contribution in [0.15, 0.2) is 0 Å². The van der Waals surface area contributed by atoms with Gasteiger partial charge in [0.2, 0.25) is 0 Å². The number of amides is 1. The minimum Gasteiger partial charge on any atom is -0.395 e. The van der Waals surface area contributed by atoms with E-state index >= 15 is 0 Å². The van der Waals surface area contributed by atoms with Crippen LogP contribution in [0.5, 0.6) is 0 Å². The van der Waals surface area contributed by atoms with Crippen molar-refractivity contribution < 1.29 is 9.53 Å². The van der Waals surface area contributed by atoms with Crippen LogP contribution in [0.25, 0.3) is 0 Å². The number of nitrogens with zero attached hydrogens (tertiary/aromatic N) is 1. The molecule has 1 rings (SSSR count). The molecule has 0 saturated heterocycles. The second-order valence-corrected chi connectivity index (χ2v) is 4.48. The summed E-state index contributed by atoms with van der Waals surface area (Å²) >= 11 is 0. The molecule has 1 aromatic rings. The SMILES string of the molecule is CCCc1[nH]nc(C(=O)NCC(C)COC)c1N. The van der Waals surface area contributed by atoms with E-state index in [9.17, 15) is 4.79 Å². The Morgan fingerprint density at radius 3 is 2.94 bits per heavy atom. The van der Waals surface area contributed by atoms with E-state index in [1.807, 2.05) is 13.8 Å². The quantitative estimate of drug-likeness (QED) is 0.675. The van der Waals surface area contributed by atoms with Gasteiger partial charge in [0.15, 0.2) is 5.69 Å². The Labute approximate surface area is 107 Å². The van der Waals surface area contributed by atoms with E-state index in [2.05, 4.69) is 15.5 Å². The van der Waals surface area contributed by atoms with Crippen LogP contribution in [0.3, 0.4) is 0 Å². The number of carbonyl (C=O) groups excluding carboxylic acids is 1. The molecule has 6 heteroatoms. The number of carbonyl (C=O) groups is 1. The summed E-state index contributed by atoms with van der Waals surface area (Å²) in [5.74, 6) is 0.0169. The number of nitrogens with one attached hydrogen (secondary N) is 2. The number of aromatic nitrogens is 2. The average molecular weight is 254 g/mol. The normalized spacial score (nSPS) is 12.4.